The van der Waals surface area contributed by atoms with Crippen LogP contribution in [0.15, 0.2) is 41.2 Å². The van der Waals surface area contributed by atoms with E-state index in [-0.39, 0.29) is 0 Å². The van der Waals surface area contributed by atoms with Crippen LogP contribution < -0.4 is 14.4 Å². The van der Waals surface area contributed by atoms with Crippen molar-refractivity contribution in [2.45, 2.75) is 6.54 Å². The molecule has 28 heavy (non-hydrogen) atoms. The molecule has 3 heterocycles. The zero-order valence-corrected chi connectivity index (χ0v) is 15.9. The first kappa shape index (κ1) is 18.2. The van der Waals surface area contributed by atoms with Crippen molar-refractivity contribution < 1.29 is 14.0 Å². The van der Waals surface area contributed by atoms with Crippen LogP contribution in [-0.2, 0) is 6.54 Å². The summed E-state index contributed by atoms with van der Waals surface area (Å²) in [6.45, 7) is 4.10. The molecule has 0 amide bonds. The van der Waals surface area contributed by atoms with E-state index in [0.717, 1.165) is 37.7 Å². The summed E-state index contributed by atoms with van der Waals surface area (Å²) in [5.74, 6) is 3.19. The van der Waals surface area contributed by atoms with Gasteiger partial charge in [-0.2, -0.15) is 4.98 Å². The van der Waals surface area contributed by atoms with E-state index >= 15 is 0 Å². The Morgan fingerprint density at radius 1 is 1.00 bits per heavy atom. The van der Waals surface area contributed by atoms with Gasteiger partial charge in [0, 0.05) is 44.1 Å². The highest BCUT2D eigenvalue weighted by Gasteiger charge is 2.21. The van der Waals surface area contributed by atoms with E-state index in [1.807, 2.05) is 24.3 Å². The minimum atomic E-state index is 0.535. The predicted octanol–water partition coefficient (Wildman–Crippen LogP) is 1.87. The number of anilines is 1. The van der Waals surface area contributed by atoms with Gasteiger partial charge in [0.15, 0.2) is 11.5 Å². The lowest BCUT2D eigenvalue weighted by molar-refractivity contribution is 0.214. The third-order valence-corrected chi connectivity index (χ3v) is 4.68. The van der Waals surface area contributed by atoms with Gasteiger partial charge in [0.2, 0.25) is 17.7 Å². The van der Waals surface area contributed by atoms with Crippen molar-refractivity contribution >= 4 is 5.95 Å². The molecular weight excluding hydrogens is 360 g/mol. The number of benzene rings is 1. The molecule has 146 valence electrons. The smallest absolute Gasteiger partial charge is 0.241 e. The van der Waals surface area contributed by atoms with Crippen LogP contribution in [0.25, 0.3) is 11.4 Å². The molecule has 0 N–H and O–H groups in total. The second-order valence-corrected chi connectivity index (χ2v) is 6.39. The van der Waals surface area contributed by atoms with Crippen molar-refractivity contribution in [2.75, 3.05) is 45.3 Å². The van der Waals surface area contributed by atoms with Gasteiger partial charge in [-0.25, -0.2) is 9.97 Å². The molecule has 0 bridgehead atoms. The molecule has 0 atom stereocenters. The number of piperazine rings is 1. The van der Waals surface area contributed by atoms with Gasteiger partial charge in [0.1, 0.15) is 0 Å². The van der Waals surface area contributed by atoms with Crippen molar-refractivity contribution in [3.63, 3.8) is 0 Å². The van der Waals surface area contributed by atoms with Gasteiger partial charge in [-0.3, -0.25) is 4.90 Å². The standard InChI is InChI=1S/C19H22N6O3/c1-26-15-5-4-14(12-16(15)27-2)18-22-17(28-23-18)13-24-8-10-25(11-9-24)19-20-6-3-7-21-19/h3-7,12H,8-11,13H2,1-2H3. The number of nitrogens with zero attached hydrogens (tertiary/aromatic N) is 6. The summed E-state index contributed by atoms with van der Waals surface area (Å²) in [5.41, 5.74) is 0.818. The number of rotatable bonds is 6. The second kappa shape index (κ2) is 8.22. The van der Waals surface area contributed by atoms with Crippen molar-refractivity contribution in [2.24, 2.45) is 0 Å². The zero-order chi connectivity index (χ0) is 19.3. The topological polar surface area (TPSA) is 89.6 Å². The van der Waals surface area contributed by atoms with Crippen molar-refractivity contribution in [1.82, 2.24) is 25.0 Å². The highest BCUT2D eigenvalue weighted by atomic mass is 16.5. The Hall–Kier alpha value is -3.20. The Morgan fingerprint density at radius 2 is 1.75 bits per heavy atom. The van der Waals surface area contributed by atoms with E-state index in [2.05, 4.69) is 29.9 Å². The molecule has 1 saturated heterocycles. The monoisotopic (exact) mass is 382 g/mol. The lowest BCUT2D eigenvalue weighted by Gasteiger charge is -2.33. The van der Waals surface area contributed by atoms with Crippen molar-refractivity contribution in [3.8, 4) is 22.9 Å². The summed E-state index contributed by atoms with van der Waals surface area (Å²) in [5, 5.41) is 4.11. The molecule has 1 aliphatic rings. The van der Waals surface area contributed by atoms with Gasteiger partial charge < -0.3 is 18.9 Å². The van der Waals surface area contributed by atoms with Crippen LogP contribution in [0.5, 0.6) is 11.5 Å². The van der Waals surface area contributed by atoms with Crippen LogP contribution in [0, 0.1) is 0 Å². The highest BCUT2D eigenvalue weighted by Crippen LogP contribution is 2.31. The van der Waals surface area contributed by atoms with Crippen molar-refractivity contribution in [1.29, 1.82) is 0 Å². The number of methoxy groups -OCH3 is 2. The Morgan fingerprint density at radius 3 is 2.46 bits per heavy atom. The van der Waals surface area contributed by atoms with Crippen LogP contribution in [0.4, 0.5) is 5.95 Å². The quantitative estimate of drug-likeness (QED) is 0.634. The zero-order valence-electron chi connectivity index (χ0n) is 15.9. The SMILES string of the molecule is COc1ccc(-c2noc(CN3CCN(c4ncccn4)CC3)n2)cc1OC. The molecule has 3 aromatic rings. The maximum absolute atomic E-state index is 5.45. The average molecular weight is 382 g/mol. The molecule has 0 aliphatic carbocycles. The molecule has 1 aromatic carbocycles. The van der Waals surface area contributed by atoms with Crippen LogP contribution in [0.3, 0.4) is 0 Å². The first-order valence-corrected chi connectivity index (χ1v) is 9.06. The Bertz CT molecular complexity index is 909. The highest BCUT2D eigenvalue weighted by molar-refractivity contribution is 5.60. The maximum atomic E-state index is 5.45. The molecule has 0 spiro atoms. The summed E-state index contributed by atoms with van der Waals surface area (Å²) in [7, 11) is 3.21. The second-order valence-electron chi connectivity index (χ2n) is 6.39. The molecule has 2 aromatic heterocycles. The minimum Gasteiger partial charge on any atom is -0.493 e. The first-order valence-electron chi connectivity index (χ1n) is 9.06. The molecule has 9 nitrogen and oxygen atoms in total. The summed E-state index contributed by atoms with van der Waals surface area (Å²) in [4.78, 5) is 17.6. The Balaban J connectivity index is 1.38. The fraction of sp³-hybridized carbons (Fsp3) is 0.368. The molecule has 4 rings (SSSR count). The average Bonchev–Trinajstić information content (AvgIpc) is 3.23. The Kier molecular flexibility index (Phi) is 5.34. The molecule has 0 radical (unpaired) electrons. The van der Waals surface area contributed by atoms with Gasteiger partial charge in [0.25, 0.3) is 0 Å². The summed E-state index contributed by atoms with van der Waals surface area (Å²) in [6.07, 6.45) is 3.53. The van der Waals surface area contributed by atoms with Gasteiger partial charge in [-0.1, -0.05) is 5.16 Å². The van der Waals surface area contributed by atoms with Gasteiger partial charge in [0.05, 0.1) is 20.8 Å². The molecular formula is C19H22N6O3. The predicted molar refractivity (Wildman–Crippen MR) is 102 cm³/mol. The summed E-state index contributed by atoms with van der Waals surface area (Å²) >= 11 is 0. The van der Waals surface area contributed by atoms with E-state index < -0.39 is 0 Å². The lowest BCUT2D eigenvalue weighted by Crippen LogP contribution is -2.46. The van der Waals surface area contributed by atoms with E-state index in [4.69, 9.17) is 14.0 Å². The molecule has 0 unspecified atom stereocenters. The molecule has 1 aliphatic heterocycles. The fourth-order valence-electron chi connectivity index (χ4n) is 3.16. The number of hydrogen-bond acceptors (Lipinski definition) is 9. The van der Waals surface area contributed by atoms with Gasteiger partial charge >= 0.3 is 0 Å². The maximum Gasteiger partial charge on any atom is 0.241 e. The summed E-state index contributed by atoms with van der Waals surface area (Å²) < 4.78 is 16.1. The van der Waals surface area contributed by atoms with E-state index in [1.54, 1.807) is 26.6 Å². The van der Waals surface area contributed by atoms with Crippen molar-refractivity contribution in [3.05, 3.63) is 42.5 Å². The summed E-state index contributed by atoms with van der Waals surface area (Å²) in [6, 6.07) is 7.38. The molecule has 0 saturated carbocycles. The van der Waals surface area contributed by atoms with Crippen LogP contribution in [-0.4, -0.2) is 65.4 Å². The molecule has 1 fully saturated rings. The van der Waals surface area contributed by atoms with Crippen LogP contribution in [0.2, 0.25) is 0 Å². The number of ether oxygens (including phenoxy) is 2. The normalized spacial score (nSPS) is 14.9. The van der Waals surface area contributed by atoms with Crippen LogP contribution in [0.1, 0.15) is 5.89 Å². The number of hydrogen-bond donors (Lipinski definition) is 0. The largest absolute Gasteiger partial charge is 0.493 e. The Labute approximate surface area is 162 Å². The van der Waals surface area contributed by atoms with E-state index in [0.29, 0.717) is 29.8 Å². The minimum absolute atomic E-state index is 0.535. The lowest BCUT2D eigenvalue weighted by atomic mass is 10.2. The van der Waals surface area contributed by atoms with Gasteiger partial charge in [-0.15, -0.1) is 0 Å². The molecule has 9 heteroatoms. The van der Waals surface area contributed by atoms with Crippen LogP contribution >= 0.6 is 0 Å². The third-order valence-electron chi connectivity index (χ3n) is 4.68. The van der Waals surface area contributed by atoms with Gasteiger partial charge in [-0.05, 0) is 24.3 Å². The first-order chi connectivity index (χ1) is 13.8. The fourth-order valence-corrected chi connectivity index (χ4v) is 3.16. The number of aromatic nitrogens is 4. The van der Waals surface area contributed by atoms with E-state index in [9.17, 15) is 0 Å². The third kappa shape index (κ3) is 3.89. The van der Waals surface area contributed by atoms with E-state index in [1.165, 1.54) is 0 Å².